The molecule has 10 nitrogen and oxygen atoms in total. The minimum absolute atomic E-state index is 0.116. The molecule has 10 heteroatoms. The Morgan fingerprint density at radius 3 is 2.76 bits per heavy atom. The van der Waals surface area contributed by atoms with E-state index in [0.717, 1.165) is 5.56 Å². The number of carboxylic acids is 1. The van der Waals surface area contributed by atoms with E-state index in [0.29, 0.717) is 18.7 Å². The minimum Gasteiger partial charge on any atom is -0.496 e. The Bertz CT molecular complexity index is 801. The predicted molar refractivity (Wildman–Crippen MR) is 85.5 cm³/mol. The summed E-state index contributed by atoms with van der Waals surface area (Å²) in [6, 6.07) is 5.72. The van der Waals surface area contributed by atoms with E-state index in [9.17, 15) is 19.7 Å². The molecule has 1 amide bonds. The first-order valence-corrected chi connectivity index (χ1v) is 7.25. The van der Waals surface area contributed by atoms with Crippen LogP contribution >= 0.6 is 0 Å². The van der Waals surface area contributed by atoms with Gasteiger partial charge in [-0.15, -0.1) is 0 Å². The lowest BCUT2D eigenvalue weighted by atomic mass is 10.1. The summed E-state index contributed by atoms with van der Waals surface area (Å²) in [5.74, 6) is -1.29. The highest BCUT2D eigenvalue weighted by Crippen LogP contribution is 2.20. The normalized spacial score (nSPS) is 10.3. The molecule has 2 N–H and O–H groups in total. The number of ether oxygens (including phenoxy) is 1. The third-order valence-corrected chi connectivity index (χ3v) is 3.37. The number of amides is 1. The van der Waals surface area contributed by atoms with Crippen LogP contribution in [0.15, 0.2) is 30.5 Å². The molecule has 1 heterocycles. The summed E-state index contributed by atoms with van der Waals surface area (Å²) in [6.07, 6.45) is 1.79. The molecule has 0 saturated carbocycles. The first-order chi connectivity index (χ1) is 11.9. The van der Waals surface area contributed by atoms with Crippen molar-refractivity contribution in [1.82, 2.24) is 15.1 Å². The Labute approximate surface area is 142 Å². The fraction of sp³-hybridized carbons (Fsp3) is 0.267. The van der Waals surface area contributed by atoms with Crippen LogP contribution in [0, 0.1) is 10.1 Å². The van der Waals surface area contributed by atoms with Gasteiger partial charge in [-0.2, -0.15) is 4.68 Å². The van der Waals surface area contributed by atoms with Crippen molar-refractivity contribution in [2.75, 3.05) is 13.7 Å². The van der Waals surface area contributed by atoms with E-state index in [4.69, 9.17) is 9.84 Å². The molecule has 1 aromatic carbocycles. The Morgan fingerprint density at radius 1 is 1.40 bits per heavy atom. The zero-order valence-electron chi connectivity index (χ0n) is 13.3. The second-order valence-electron chi connectivity index (χ2n) is 5.06. The molecule has 25 heavy (non-hydrogen) atoms. The van der Waals surface area contributed by atoms with Crippen LogP contribution in [0.4, 0.5) is 5.82 Å². The topological polar surface area (TPSA) is 137 Å². The van der Waals surface area contributed by atoms with E-state index in [1.165, 1.54) is 36.2 Å². The lowest BCUT2D eigenvalue weighted by molar-refractivity contribution is -0.389. The molecule has 2 aromatic rings. The van der Waals surface area contributed by atoms with Gasteiger partial charge >= 0.3 is 11.8 Å². The first kappa shape index (κ1) is 17.9. The number of rotatable bonds is 8. The smallest absolute Gasteiger partial charge is 0.389 e. The summed E-state index contributed by atoms with van der Waals surface area (Å²) in [6.45, 7) is 0.161. The second kappa shape index (κ2) is 7.90. The molecule has 0 radical (unpaired) electrons. The monoisotopic (exact) mass is 348 g/mol. The maximum atomic E-state index is 11.8. The summed E-state index contributed by atoms with van der Waals surface area (Å²) in [7, 11) is 1.44. The number of carbonyl (C=O) groups excluding carboxylic acids is 1. The highest BCUT2D eigenvalue weighted by molar-refractivity contribution is 5.88. The largest absolute Gasteiger partial charge is 0.496 e. The predicted octanol–water partition coefficient (Wildman–Crippen LogP) is 0.857. The first-order valence-electron chi connectivity index (χ1n) is 7.25. The van der Waals surface area contributed by atoms with Crippen molar-refractivity contribution < 1.29 is 24.4 Å². The zero-order chi connectivity index (χ0) is 18.4. The van der Waals surface area contributed by atoms with Gasteiger partial charge in [0.05, 0.1) is 30.0 Å². The molecular formula is C15H16N4O6. The molecule has 0 aliphatic carbocycles. The Balaban J connectivity index is 1.88. The van der Waals surface area contributed by atoms with Crippen molar-refractivity contribution in [3.63, 3.8) is 0 Å². The molecule has 0 atom stereocenters. The fourth-order valence-electron chi connectivity index (χ4n) is 2.16. The van der Waals surface area contributed by atoms with Crippen LogP contribution in [0.1, 0.15) is 15.9 Å². The number of nitrogens with zero attached hydrogens (tertiary/aromatic N) is 3. The summed E-state index contributed by atoms with van der Waals surface area (Å²) in [5, 5.41) is 25.8. The molecule has 0 unspecified atom stereocenters. The van der Waals surface area contributed by atoms with Crippen LogP contribution in [0.2, 0.25) is 0 Å². The Hall–Kier alpha value is -3.43. The van der Waals surface area contributed by atoms with Gasteiger partial charge in [0, 0.05) is 6.54 Å². The average molecular weight is 348 g/mol. The molecule has 132 valence electrons. The summed E-state index contributed by atoms with van der Waals surface area (Å²) in [4.78, 5) is 32.7. The van der Waals surface area contributed by atoms with Crippen molar-refractivity contribution in [1.29, 1.82) is 0 Å². The van der Waals surface area contributed by atoms with Crippen molar-refractivity contribution in [3.8, 4) is 5.75 Å². The van der Waals surface area contributed by atoms with E-state index in [2.05, 4.69) is 10.4 Å². The van der Waals surface area contributed by atoms with Crippen LogP contribution in [0.5, 0.6) is 5.75 Å². The lowest BCUT2D eigenvalue weighted by Gasteiger charge is -2.10. The fourth-order valence-corrected chi connectivity index (χ4v) is 2.16. The number of carbonyl (C=O) groups is 2. The second-order valence-corrected chi connectivity index (χ2v) is 5.06. The molecule has 0 aliphatic rings. The quantitative estimate of drug-likeness (QED) is 0.533. The van der Waals surface area contributed by atoms with Gasteiger partial charge in [0.2, 0.25) is 5.91 Å². The van der Waals surface area contributed by atoms with Crippen molar-refractivity contribution in [2.24, 2.45) is 0 Å². The van der Waals surface area contributed by atoms with Crippen molar-refractivity contribution in [3.05, 3.63) is 51.7 Å². The van der Waals surface area contributed by atoms with E-state index in [-0.39, 0.29) is 23.8 Å². The molecule has 0 bridgehead atoms. The Morgan fingerprint density at radius 2 is 2.16 bits per heavy atom. The third-order valence-electron chi connectivity index (χ3n) is 3.37. The van der Waals surface area contributed by atoms with Gasteiger partial charge in [-0.3, -0.25) is 4.79 Å². The number of aromatic carboxylic acids is 1. The molecule has 2 rings (SSSR count). The van der Waals surface area contributed by atoms with E-state index in [1.54, 1.807) is 6.07 Å². The van der Waals surface area contributed by atoms with E-state index in [1.807, 2.05) is 0 Å². The highest BCUT2D eigenvalue weighted by atomic mass is 16.6. The minimum atomic E-state index is -1.05. The summed E-state index contributed by atoms with van der Waals surface area (Å²) in [5.41, 5.74) is 0.868. The van der Waals surface area contributed by atoms with Crippen LogP contribution < -0.4 is 10.1 Å². The maximum absolute atomic E-state index is 11.8. The van der Waals surface area contributed by atoms with E-state index >= 15 is 0 Å². The molecule has 1 aromatic heterocycles. The van der Waals surface area contributed by atoms with Crippen molar-refractivity contribution in [2.45, 2.75) is 13.0 Å². The average Bonchev–Trinajstić information content (AvgIpc) is 3.03. The van der Waals surface area contributed by atoms with Gasteiger partial charge < -0.3 is 25.3 Å². The lowest BCUT2D eigenvalue weighted by Crippen LogP contribution is -2.29. The zero-order valence-corrected chi connectivity index (χ0v) is 13.3. The van der Waals surface area contributed by atoms with E-state index < -0.39 is 10.9 Å². The van der Waals surface area contributed by atoms with Crippen LogP contribution in [0.3, 0.4) is 0 Å². The van der Waals surface area contributed by atoms with Crippen LogP contribution in [0.25, 0.3) is 0 Å². The number of nitrogens with one attached hydrogen (secondary N) is 1. The van der Waals surface area contributed by atoms with Gasteiger partial charge in [-0.25, -0.2) is 4.79 Å². The van der Waals surface area contributed by atoms with Crippen LogP contribution in [-0.4, -0.2) is 45.3 Å². The van der Waals surface area contributed by atoms with Gasteiger partial charge in [-0.05, 0) is 29.0 Å². The third kappa shape index (κ3) is 4.77. The number of hydrogen-bond acceptors (Lipinski definition) is 6. The number of hydrogen-bond donors (Lipinski definition) is 2. The molecule has 0 spiro atoms. The SMILES string of the molecule is COc1cc(C(=O)O)ccc1CCNC(=O)Cn1ccc([N+](=O)[O-])n1. The number of carboxylic acid groups (broad SMARTS) is 1. The summed E-state index contributed by atoms with van der Waals surface area (Å²) < 4.78 is 6.34. The van der Waals surface area contributed by atoms with Gasteiger partial charge in [0.15, 0.2) is 0 Å². The highest BCUT2D eigenvalue weighted by Gasteiger charge is 2.13. The Kier molecular flexibility index (Phi) is 5.66. The molecular weight excluding hydrogens is 332 g/mol. The van der Waals surface area contributed by atoms with Gasteiger partial charge in [-0.1, -0.05) is 6.07 Å². The maximum Gasteiger partial charge on any atom is 0.389 e. The van der Waals surface area contributed by atoms with Crippen molar-refractivity contribution >= 4 is 17.7 Å². The molecule has 0 saturated heterocycles. The number of methoxy groups -OCH3 is 1. The van der Waals surface area contributed by atoms with Crippen LogP contribution in [-0.2, 0) is 17.8 Å². The summed E-state index contributed by atoms with van der Waals surface area (Å²) >= 11 is 0. The number of nitro groups is 1. The number of benzene rings is 1. The van der Waals surface area contributed by atoms with Gasteiger partial charge in [0.25, 0.3) is 0 Å². The molecule has 0 fully saturated rings. The van der Waals surface area contributed by atoms with Gasteiger partial charge in [0.1, 0.15) is 12.3 Å². The number of aromatic nitrogens is 2. The molecule has 0 aliphatic heterocycles. The standard InChI is InChI=1S/C15H16N4O6/c1-25-12-8-11(15(21)22)3-2-10(12)4-6-16-14(20)9-18-7-5-13(17-18)19(23)24/h2-3,5,7-8H,4,6,9H2,1H3,(H,16,20)(H,21,22).